The Morgan fingerprint density at radius 2 is 1.61 bits per heavy atom. The largest absolute Gasteiger partial charge is 0.481 e. The van der Waals surface area contributed by atoms with Gasteiger partial charge in [-0.3, -0.25) is 19.7 Å². The van der Waals surface area contributed by atoms with E-state index in [-0.39, 0.29) is 42.0 Å². The number of anilines is 1. The fourth-order valence-corrected chi connectivity index (χ4v) is 4.83. The quantitative estimate of drug-likeness (QED) is 0.295. The van der Waals surface area contributed by atoms with Crippen LogP contribution in [0, 0.1) is 21.4 Å². The van der Waals surface area contributed by atoms with Crippen molar-refractivity contribution in [3.63, 3.8) is 0 Å². The molecule has 3 rings (SSSR count). The zero-order valence-electron chi connectivity index (χ0n) is 22.1. The van der Waals surface area contributed by atoms with Crippen LogP contribution in [0.2, 0.25) is 0 Å². The molecule has 1 aliphatic carbocycles. The van der Waals surface area contributed by atoms with E-state index in [0.29, 0.717) is 23.7 Å². The second-order valence-electron chi connectivity index (χ2n) is 10.8. The Labute approximate surface area is 222 Å². The number of urea groups is 1. The van der Waals surface area contributed by atoms with Crippen molar-refractivity contribution >= 4 is 29.3 Å². The molecular weight excluding hydrogens is 488 g/mol. The molecule has 0 aliphatic heterocycles. The molecule has 2 aromatic carbocycles. The number of nitro benzene ring substituents is 1. The summed E-state index contributed by atoms with van der Waals surface area (Å²) in [5, 5.41) is 25.2. The lowest BCUT2D eigenvalue weighted by atomic mass is 9.71. The van der Waals surface area contributed by atoms with Crippen LogP contribution in [0.4, 0.5) is 16.2 Å². The summed E-state index contributed by atoms with van der Waals surface area (Å²) in [7, 11) is 0. The fraction of sp³-hybridized carbons (Fsp3) is 0.464. The van der Waals surface area contributed by atoms with Gasteiger partial charge in [-0.15, -0.1) is 0 Å². The van der Waals surface area contributed by atoms with E-state index < -0.39 is 10.9 Å². The Hall–Kier alpha value is -3.95. The third kappa shape index (κ3) is 8.03. The van der Waals surface area contributed by atoms with Gasteiger partial charge in [0.25, 0.3) is 11.6 Å². The summed E-state index contributed by atoms with van der Waals surface area (Å²) >= 11 is 0. The highest BCUT2D eigenvalue weighted by Gasteiger charge is 2.33. The van der Waals surface area contributed by atoms with Gasteiger partial charge in [0.15, 0.2) is 0 Å². The van der Waals surface area contributed by atoms with Crippen LogP contribution in [0.15, 0.2) is 48.5 Å². The molecule has 1 saturated carbocycles. The molecule has 10 heteroatoms. The first-order chi connectivity index (χ1) is 17.9. The molecule has 0 aromatic heterocycles. The summed E-state index contributed by atoms with van der Waals surface area (Å²) < 4.78 is 0. The van der Waals surface area contributed by atoms with E-state index in [1.165, 1.54) is 24.3 Å². The zero-order chi connectivity index (χ0) is 27.9. The minimum Gasteiger partial charge on any atom is -0.481 e. The van der Waals surface area contributed by atoms with Gasteiger partial charge in [-0.2, -0.15) is 0 Å². The van der Waals surface area contributed by atoms with Gasteiger partial charge in [0.2, 0.25) is 0 Å². The molecule has 1 aliphatic rings. The van der Waals surface area contributed by atoms with E-state index in [2.05, 4.69) is 31.4 Å². The average Bonchev–Trinajstić information content (AvgIpc) is 2.87. The Kier molecular flexibility index (Phi) is 9.44. The van der Waals surface area contributed by atoms with Gasteiger partial charge in [-0.1, -0.05) is 32.9 Å². The van der Waals surface area contributed by atoms with Crippen LogP contribution in [-0.2, 0) is 11.3 Å². The van der Waals surface area contributed by atoms with Gasteiger partial charge < -0.3 is 20.6 Å². The number of aliphatic carboxylic acids is 1. The van der Waals surface area contributed by atoms with E-state index >= 15 is 0 Å². The standard InChI is InChI=1S/C28H36N4O6/c1-28(2,3)21-8-12-23(13-9-21)31(27(36)30-22-10-14-24(15-11-22)32(37)38)18-19-4-6-20(7-5-19)26(35)29-17-16-25(33)34/h4-7,10-11,14-15,21,23H,8-9,12-13,16-18H2,1-3H3,(H,29,35)(H,30,36)(H,33,34). The van der Waals surface area contributed by atoms with Gasteiger partial charge in [0, 0.05) is 42.5 Å². The molecule has 10 nitrogen and oxygen atoms in total. The molecule has 0 radical (unpaired) electrons. The van der Waals surface area contributed by atoms with Gasteiger partial charge in [-0.25, -0.2) is 4.79 Å². The number of non-ortho nitro benzene ring substituents is 1. The molecular formula is C28H36N4O6. The smallest absolute Gasteiger partial charge is 0.322 e. The Morgan fingerprint density at radius 1 is 1.00 bits per heavy atom. The molecule has 0 bridgehead atoms. The summed E-state index contributed by atoms with van der Waals surface area (Å²) in [5.41, 5.74) is 1.89. The molecule has 2 aromatic rings. The maximum absolute atomic E-state index is 13.4. The number of benzene rings is 2. The first-order valence-corrected chi connectivity index (χ1v) is 12.8. The lowest BCUT2D eigenvalue weighted by molar-refractivity contribution is -0.384. The number of carbonyl (C=O) groups excluding carboxylic acids is 2. The van der Waals surface area contributed by atoms with E-state index in [1.54, 1.807) is 24.3 Å². The van der Waals surface area contributed by atoms with E-state index in [0.717, 1.165) is 31.2 Å². The second-order valence-corrected chi connectivity index (χ2v) is 10.8. The summed E-state index contributed by atoms with van der Waals surface area (Å²) in [6.45, 7) is 7.12. The Bertz CT molecular complexity index is 1130. The molecule has 1 fully saturated rings. The number of carbonyl (C=O) groups is 3. The fourth-order valence-electron chi connectivity index (χ4n) is 4.83. The van der Waals surface area contributed by atoms with Gasteiger partial charge >= 0.3 is 12.0 Å². The highest BCUT2D eigenvalue weighted by atomic mass is 16.6. The van der Waals surface area contributed by atoms with Crippen molar-refractivity contribution in [2.24, 2.45) is 11.3 Å². The van der Waals surface area contributed by atoms with Crippen LogP contribution < -0.4 is 10.6 Å². The molecule has 0 spiro atoms. The van der Waals surface area contributed by atoms with Crippen molar-refractivity contribution < 1.29 is 24.4 Å². The molecule has 0 atom stereocenters. The monoisotopic (exact) mass is 524 g/mol. The Morgan fingerprint density at radius 3 is 2.13 bits per heavy atom. The number of amides is 3. The number of nitro groups is 1. The number of hydrogen-bond donors (Lipinski definition) is 3. The topological polar surface area (TPSA) is 142 Å². The summed E-state index contributed by atoms with van der Waals surface area (Å²) in [6.07, 6.45) is 3.63. The minimum absolute atomic E-state index is 0.0330. The summed E-state index contributed by atoms with van der Waals surface area (Å²) in [6, 6.07) is 12.4. The van der Waals surface area contributed by atoms with Crippen LogP contribution in [0.1, 0.15) is 68.8 Å². The highest BCUT2D eigenvalue weighted by Crippen LogP contribution is 2.39. The van der Waals surface area contributed by atoms with Gasteiger partial charge in [-0.05, 0) is 66.8 Å². The predicted molar refractivity (Wildman–Crippen MR) is 144 cm³/mol. The van der Waals surface area contributed by atoms with Crippen molar-refractivity contribution in [2.75, 3.05) is 11.9 Å². The lowest BCUT2D eigenvalue weighted by Gasteiger charge is -2.41. The lowest BCUT2D eigenvalue weighted by Crippen LogP contribution is -2.45. The van der Waals surface area contributed by atoms with Gasteiger partial charge in [0.1, 0.15) is 0 Å². The third-order valence-corrected chi connectivity index (χ3v) is 7.15. The average molecular weight is 525 g/mol. The van der Waals surface area contributed by atoms with Crippen molar-refractivity contribution in [3.8, 4) is 0 Å². The van der Waals surface area contributed by atoms with Crippen LogP contribution in [0.3, 0.4) is 0 Å². The molecule has 0 heterocycles. The summed E-state index contributed by atoms with van der Waals surface area (Å²) in [4.78, 5) is 48.6. The van der Waals surface area contributed by atoms with Crippen molar-refractivity contribution in [1.29, 1.82) is 0 Å². The number of nitrogens with one attached hydrogen (secondary N) is 2. The van der Waals surface area contributed by atoms with Crippen molar-refractivity contribution in [1.82, 2.24) is 10.2 Å². The van der Waals surface area contributed by atoms with E-state index in [4.69, 9.17) is 5.11 Å². The normalized spacial score (nSPS) is 17.3. The molecule has 204 valence electrons. The van der Waals surface area contributed by atoms with Gasteiger partial charge in [0.05, 0.1) is 11.3 Å². The molecule has 3 amide bonds. The molecule has 0 unspecified atom stereocenters. The molecule has 3 N–H and O–H groups in total. The second kappa shape index (κ2) is 12.5. The number of carboxylic acids is 1. The minimum atomic E-state index is -0.982. The molecule has 0 saturated heterocycles. The number of carboxylic acid groups (broad SMARTS) is 1. The molecule has 38 heavy (non-hydrogen) atoms. The highest BCUT2D eigenvalue weighted by molar-refractivity contribution is 5.94. The van der Waals surface area contributed by atoms with Crippen LogP contribution in [0.25, 0.3) is 0 Å². The number of nitrogens with zero attached hydrogens (tertiary/aromatic N) is 2. The summed E-state index contributed by atoms with van der Waals surface area (Å²) in [5.74, 6) is -0.757. The first kappa shape index (κ1) is 28.6. The van der Waals surface area contributed by atoms with Crippen molar-refractivity contribution in [3.05, 3.63) is 69.8 Å². The van der Waals surface area contributed by atoms with Crippen LogP contribution >= 0.6 is 0 Å². The number of rotatable bonds is 9. The van der Waals surface area contributed by atoms with E-state index in [1.807, 2.05) is 4.90 Å². The predicted octanol–water partition coefficient (Wildman–Crippen LogP) is 5.44. The SMILES string of the molecule is CC(C)(C)C1CCC(N(Cc2ccc(C(=O)NCCC(=O)O)cc2)C(=O)Nc2ccc([N+](=O)[O-])cc2)CC1. The third-order valence-electron chi connectivity index (χ3n) is 7.15. The maximum Gasteiger partial charge on any atom is 0.322 e. The number of hydrogen-bond acceptors (Lipinski definition) is 5. The zero-order valence-corrected chi connectivity index (χ0v) is 22.1. The van der Waals surface area contributed by atoms with Crippen LogP contribution in [-0.4, -0.2) is 45.4 Å². The van der Waals surface area contributed by atoms with E-state index in [9.17, 15) is 24.5 Å². The maximum atomic E-state index is 13.4. The first-order valence-electron chi connectivity index (χ1n) is 12.8. The van der Waals surface area contributed by atoms with Crippen LogP contribution in [0.5, 0.6) is 0 Å². The Balaban J connectivity index is 1.73. The van der Waals surface area contributed by atoms with Crippen molar-refractivity contribution in [2.45, 2.75) is 65.5 Å².